The maximum absolute atomic E-state index is 11.8. The fourth-order valence-electron chi connectivity index (χ4n) is 1.62. The number of hydrogen-bond donors (Lipinski definition) is 2. The molecule has 0 bridgehead atoms. The number of fused-ring (bicyclic) bond motifs is 1. The Morgan fingerprint density at radius 1 is 1.37 bits per heavy atom. The molecule has 0 aliphatic carbocycles. The fraction of sp³-hybridized carbons (Fsp3) is 0.385. The van der Waals surface area contributed by atoms with E-state index in [0.717, 1.165) is 6.42 Å². The Labute approximate surface area is 117 Å². The molecule has 19 heavy (non-hydrogen) atoms. The molecule has 1 amide bonds. The van der Waals surface area contributed by atoms with Crippen LogP contribution in [-0.4, -0.2) is 24.1 Å². The van der Waals surface area contributed by atoms with Gasteiger partial charge < -0.3 is 20.5 Å². The average Bonchev–Trinajstić information content (AvgIpc) is 2.62. The summed E-state index contributed by atoms with van der Waals surface area (Å²) in [5.41, 5.74) is 6.08. The summed E-state index contributed by atoms with van der Waals surface area (Å²) in [7, 11) is 0. The van der Waals surface area contributed by atoms with Crippen molar-refractivity contribution in [3.63, 3.8) is 0 Å². The number of anilines is 1. The third-order valence-corrected chi connectivity index (χ3v) is 3.19. The molecule has 1 aromatic carbocycles. The van der Waals surface area contributed by atoms with E-state index < -0.39 is 5.92 Å². The Hall–Kier alpha value is -1.82. The highest BCUT2D eigenvalue weighted by Gasteiger charge is 2.17. The first-order valence-corrected chi connectivity index (χ1v) is 6.48. The maximum atomic E-state index is 11.8. The molecule has 5 nitrogen and oxygen atoms in total. The van der Waals surface area contributed by atoms with Crippen molar-refractivity contribution >= 4 is 28.8 Å². The molecule has 1 unspecified atom stereocenters. The zero-order chi connectivity index (χ0) is 13.8. The molecule has 0 spiro atoms. The van der Waals surface area contributed by atoms with Crippen LogP contribution in [0, 0.1) is 5.92 Å². The monoisotopic (exact) mass is 280 g/mol. The van der Waals surface area contributed by atoms with Crippen molar-refractivity contribution in [3.05, 3.63) is 18.2 Å². The van der Waals surface area contributed by atoms with Crippen LogP contribution in [0.3, 0.4) is 0 Å². The van der Waals surface area contributed by atoms with Gasteiger partial charge in [-0.1, -0.05) is 12.2 Å². The molecular weight excluding hydrogens is 264 g/mol. The minimum atomic E-state index is -0.508. The lowest BCUT2D eigenvalue weighted by atomic mass is 10.1. The van der Waals surface area contributed by atoms with Crippen molar-refractivity contribution in [3.8, 4) is 11.5 Å². The quantitative estimate of drug-likeness (QED) is 0.825. The van der Waals surface area contributed by atoms with Crippen molar-refractivity contribution in [2.45, 2.75) is 13.3 Å². The third kappa shape index (κ3) is 3.35. The van der Waals surface area contributed by atoms with Gasteiger partial charge in [-0.05, 0) is 19.1 Å². The van der Waals surface area contributed by atoms with E-state index in [1.807, 2.05) is 0 Å². The van der Waals surface area contributed by atoms with E-state index in [1.165, 1.54) is 0 Å². The van der Waals surface area contributed by atoms with Gasteiger partial charge in [0.15, 0.2) is 11.5 Å². The molecule has 1 atom stereocenters. The third-order valence-electron chi connectivity index (χ3n) is 2.84. The minimum Gasteiger partial charge on any atom is -0.490 e. The van der Waals surface area contributed by atoms with E-state index >= 15 is 0 Å². The lowest BCUT2D eigenvalue weighted by Crippen LogP contribution is -2.30. The first kappa shape index (κ1) is 13.6. The summed E-state index contributed by atoms with van der Waals surface area (Å²) in [5.74, 6) is 0.587. The van der Waals surface area contributed by atoms with Gasteiger partial charge in [-0.15, -0.1) is 0 Å². The Balaban J connectivity index is 2.11. The number of thiocarbonyl (C=S) groups is 1. The molecule has 102 valence electrons. The molecule has 6 heteroatoms. The van der Waals surface area contributed by atoms with Crippen LogP contribution >= 0.6 is 12.2 Å². The summed E-state index contributed by atoms with van der Waals surface area (Å²) < 4.78 is 11.1. The number of hydrogen-bond acceptors (Lipinski definition) is 4. The molecule has 1 aliphatic rings. The van der Waals surface area contributed by atoms with E-state index in [1.54, 1.807) is 25.1 Å². The van der Waals surface area contributed by atoms with Crippen LogP contribution in [0.4, 0.5) is 5.69 Å². The van der Waals surface area contributed by atoms with Gasteiger partial charge >= 0.3 is 0 Å². The smallest absolute Gasteiger partial charge is 0.234 e. The highest BCUT2D eigenvalue weighted by Crippen LogP contribution is 2.32. The zero-order valence-electron chi connectivity index (χ0n) is 10.6. The topological polar surface area (TPSA) is 73.6 Å². The van der Waals surface area contributed by atoms with Gasteiger partial charge in [-0.2, -0.15) is 0 Å². The second-order valence-corrected chi connectivity index (χ2v) is 4.80. The Morgan fingerprint density at radius 3 is 2.74 bits per heavy atom. The van der Waals surface area contributed by atoms with Crippen LogP contribution in [-0.2, 0) is 4.79 Å². The van der Waals surface area contributed by atoms with Gasteiger partial charge in [-0.25, -0.2) is 0 Å². The lowest BCUT2D eigenvalue weighted by Gasteiger charge is -2.13. The maximum Gasteiger partial charge on any atom is 0.234 e. The molecular formula is C13H16N2O3S. The second-order valence-electron chi connectivity index (χ2n) is 4.33. The first-order chi connectivity index (χ1) is 9.08. The van der Waals surface area contributed by atoms with Crippen molar-refractivity contribution in [1.82, 2.24) is 0 Å². The Morgan fingerprint density at radius 2 is 2.05 bits per heavy atom. The van der Waals surface area contributed by atoms with Gasteiger partial charge in [0, 0.05) is 18.2 Å². The van der Waals surface area contributed by atoms with E-state index in [-0.39, 0.29) is 10.9 Å². The molecule has 0 radical (unpaired) electrons. The number of benzene rings is 1. The molecule has 1 aromatic rings. The predicted molar refractivity (Wildman–Crippen MR) is 76.6 cm³/mol. The molecule has 0 aromatic heterocycles. The summed E-state index contributed by atoms with van der Waals surface area (Å²) in [4.78, 5) is 12.0. The highest BCUT2D eigenvalue weighted by molar-refractivity contribution is 7.80. The number of carbonyl (C=O) groups is 1. The Bertz CT molecular complexity index is 505. The van der Waals surface area contributed by atoms with Crippen LogP contribution in [0.2, 0.25) is 0 Å². The summed E-state index contributed by atoms with van der Waals surface area (Å²) in [6.45, 7) is 2.91. The van der Waals surface area contributed by atoms with Gasteiger partial charge in [0.2, 0.25) is 5.91 Å². The van der Waals surface area contributed by atoms with E-state index in [4.69, 9.17) is 27.4 Å². The largest absolute Gasteiger partial charge is 0.490 e. The summed E-state index contributed by atoms with van der Waals surface area (Å²) in [5, 5.41) is 2.75. The number of ether oxygens (including phenoxy) is 2. The number of rotatable bonds is 3. The van der Waals surface area contributed by atoms with Crippen molar-refractivity contribution < 1.29 is 14.3 Å². The van der Waals surface area contributed by atoms with Crippen LogP contribution in [0.25, 0.3) is 0 Å². The number of amides is 1. The summed E-state index contributed by atoms with van der Waals surface area (Å²) >= 11 is 4.80. The standard InChI is InChI=1S/C13H16N2O3S/c1-8(12(14)19)13(16)15-9-3-4-10-11(7-9)18-6-2-5-17-10/h3-4,7-8H,2,5-6H2,1H3,(H2,14,19)(H,15,16). The van der Waals surface area contributed by atoms with Gasteiger partial charge in [0.05, 0.1) is 24.1 Å². The molecule has 3 N–H and O–H groups in total. The molecule has 0 saturated carbocycles. The van der Waals surface area contributed by atoms with Crippen LogP contribution in [0.15, 0.2) is 18.2 Å². The lowest BCUT2D eigenvalue weighted by molar-refractivity contribution is -0.117. The Kier molecular flexibility index (Phi) is 4.21. The first-order valence-electron chi connectivity index (χ1n) is 6.08. The molecule has 0 fully saturated rings. The second kappa shape index (κ2) is 5.88. The number of nitrogens with two attached hydrogens (primary N) is 1. The van der Waals surface area contributed by atoms with E-state index in [2.05, 4.69) is 5.32 Å². The molecule has 0 saturated heterocycles. The summed E-state index contributed by atoms with van der Waals surface area (Å²) in [6.07, 6.45) is 0.842. The minimum absolute atomic E-state index is 0.173. The highest BCUT2D eigenvalue weighted by atomic mass is 32.1. The van der Waals surface area contributed by atoms with Crippen LogP contribution in [0.5, 0.6) is 11.5 Å². The predicted octanol–water partition coefficient (Wildman–Crippen LogP) is 1.71. The SMILES string of the molecule is CC(C(=O)Nc1ccc2c(c1)OCCCO2)C(N)=S. The zero-order valence-corrected chi connectivity index (χ0v) is 11.5. The molecule has 2 rings (SSSR count). The van der Waals surface area contributed by atoms with E-state index in [0.29, 0.717) is 30.4 Å². The number of nitrogens with one attached hydrogen (secondary N) is 1. The molecule has 1 heterocycles. The summed E-state index contributed by atoms with van der Waals surface area (Å²) in [6, 6.07) is 5.28. The fourth-order valence-corrected chi connectivity index (χ4v) is 1.73. The van der Waals surface area contributed by atoms with Crippen molar-refractivity contribution in [2.75, 3.05) is 18.5 Å². The van der Waals surface area contributed by atoms with Crippen molar-refractivity contribution in [1.29, 1.82) is 0 Å². The van der Waals surface area contributed by atoms with Gasteiger partial charge in [-0.3, -0.25) is 4.79 Å². The van der Waals surface area contributed by atoms with Crippen molar-refractivity contribution in [2.24, 2.45) is 11.7 Å². The van der Waals surface area contributed by atoms with Crippen LogP contribution < -0.4 is 20.5 Å². The van der Waals surface area contributed by atoms with Crippen LogP contribution in [0.1, 0.15) is 13.3 Å². The number of carbonyl (C=O) groups excluding carboxylic acids is 1. The van der Waals surface area contributed by atoms with Gasteiger partial charge in [0.25, 0.3) is 0 Å². The van der Waals surface area contributed by atoms with Gasteiger partial charge in [0.1, 0.15) is 0 Å². The normalized spacial score (nSPS) is 15.2. The average molecular weight is 280 g/mol. The molecule has 1 aliphatic heterocycles. The van der Waals surface area contributed by atoms with E-state index in [9.17, 15) is 4.79 Å².